The van der Waals surface area contributed by atoms with Crippen molar-refractivity contribution in [2.45, 2.75) is 19.1 Å². The first-order valence-electron chi connectivity index (χ1n) is 10.9. The third kappa shape index (κ3) is 6.28. The number of benzene rings is 2. The standard InChI is InChI=1S/C25H26ClN3O4S/c1-32-21-8-6-19(7-9-21)12-15-33-23(24-10-11-25(26)34-24)17-28-14-13-27(18-28)16-20-4-2-3-5-22(20)29(30)31/h2-11,13-14,23H,12,15-18H2,1H3. The van der Waals surface area contributed by atoms with E-state index in [0.717, 1.165) is 21.4 Å². The Morgan fingerprint density at radius 3 is 2.56 bits per heavy atom. The number of nitrogens with zero attached hydrogens (tertiary/aromatic N) is 3. The van der Waals surface area contributed by atoms with Crippen LogP contribution in [0, 0.1) is 10.1 Å². The molecule has 0 spiro atoms. The normalized spacial score (nSPS) is 13.9. The lowest BCUT2D eigenvalue weighted by molar-refractivity contribution is -0.385. The fourth-order valence-corrected chi connectivity index (χ4v) is 4.93. The second kappa shape index (κ2) is 11.4. The predicted octanol–water partition coefficient (Wildman–Crippen LogP) is 5.87. The number of hydrogen-bond acceptors (Lipinski definition) is 7. The van der Waals surface area contributed by atoms with Crippen LogP contribution in [0.3, 0.4) is 0 Å². The number of thiophene rings is 1. The molecule has 0 radical (unpaired) electrons. The molecule has 1 aromatic heterocycles. The summed E-state index contributed by atoms with van der Waals surface area (Å²) in [5.74, 6) is 0.835. The Kier molecular flexibility index (Phi) is 8.05. The molecule has 0 saturated carbocycles. The molecule has 0 N–H and O–H groups in total. The Bertz CT molecular complexity index is 1140. The lowest BCUT2D eigenvalue weighted by Gasteiger charge is -2.26. The van der Waals surface area contributed by atoms with Crippen molar-refractivity contribution >= 4 is 28.6 Å². The first-order valence-corrected chi connectivity index (χ1v) is 12.1. The zero-order chi connectivity index (χ0) is 23.9. The number of para-hydroxylation sites is 1. The average molecular weight is 500 g/mol. The highest BCUT2D eigenvalue weighted by molar-refractivity contribution is 7.16. The molecule has 0 saturated heterocycles. The first kappa shape index (κ1) is 24.1. The zero-order valence-electron chi connectivity index (χ0n) is 18.8. The summed E-state index contributed by atoms with van der Waals surface area (Å²) in [7, 11) is 1.66. The number of nitro benzene ring substituents is 1. The topological polar surface area (TPSA) is 68.1 Å². The summed E-state index contributed by atoms with van der Waals surface area (Å²) in [5, 5.41) is 11.3. The molecule has 7 nitrogen and oxygen atoms in total. The Morgan fingerprint density at radius 2 is 1.85 bits per heavy atom. The fourth-order valence-electron chi connectivity index (χ4n) is 3.83. The van der Waals surface area contributed by atoms with Crippen LogP contribution in [0.4, 0.5) is 5.69 Å². The lowest BCUT2D eigenvalue weighted by Crippen LogP contribution is -2.29. The summed E-state index contributed by atoms with van der Waals surface area (Å²) in [6, 6.07) is 18.7. The summed E-state index contributed by atoms with van der Waals surface area (Å²) >= 11 is 7.72. The first-order chi connectivity index (χ1) is 16.5. The summed E-state index contributed by atoms with van der Waals surface area (Å²) in [4.78, 5) is 16.3. The highest BCUT2D eigenvalue weighted by atomic mass is 35.5. The highest BCUT2D eigenvalue weighted by Gasteiger charge is 2.22. The van der Waals surface area contributed by atoms with E-state index in [2.05, 4.69) is 9.80 Å². The van der Waals surface area contributed by atoms with Gasteiger partial charge in [0, 0.05) is 28.9 Å². The van der Waals surface area contributed by atoms with Crippen molar-refractivity contribution in [1.29, 1.82) is 0 Å². The van der Waals surface area contributed by atoms with Gasteiger partial charge in [-0.2, -0.15) is 0 Å². The number of nitro groups is 1. The molecular formula is C25H26ClN3O4S. The van der Waals surface area contributed by atoms with Crippen LogP contribution in [-0.2, 0) is 17.7 Å². The van der Waals surface area contributed by atoms with Gasteiger partial charge in [-0.1, -0.05) is 41.9 Å². The Labute approximate surface area is 207 Å². The molecule has 2 heterocycles. The van der Waals surface area contributed by atoms with Crippen molar-refractivity contribution in [3.05, 3.63) is 104 Å². The summed E-state index contributed by atoms with van der Waals surface area (Å²) in [5.41, 5.74) is 2.01. The Hall–Kier alpha value is -3.07. The van der Waals surface area contributed by atoms with E-state index in [9.17, 15) is 10.1 Å². The van der Waals surface area contributed by atoms with E-state index in [1.165, 1.54) is 16.9 Å². The highest BCUT2D eigenvalue weighted by Crippen LogP contribution is 2.31. The largest absolute Gasteiger partial charge is 0.497 e. The van der Waals surface area contributed by atoms with Crippen LogP contribution in [0.25, 0.3) is 0 Å². The number of hydrogen-bond donors (Lipinski definition) is 0. The zero-order valence-corrected chi connectivity index (χ0v) is 20.4. The van der Waals surface area contributed by atoms with Gasteiger partial charge in [0.25, 0.3) is 5.69 Å². The molecule has 0 amide bonds. The monoisotopic (exact) mass is 499 g/mol. The van der Waals surface area contributed by atoms with Crippen molar-refractivity contribution in [3.63, 3.8) is 0 Å². The maximum Gasteiger partial charge on any atom is 0.274 e. The summed E-state index contributed by atoms with van der Waals surface area (Å²) < 4.78 is 12.3. The van der Waals surface area contributed by atoms with Crippen LogP contribution in [0.1, 0.15) is 22.1 Å². The van der Waals surface area contributed by atoms with Gasteiger partial charge in [-0.3, -0.25) is 10.1 Å². The van der Waals surface area contributed by atoms with Gasteiger partial charge in [0.1, 0.15) is 11.9 Å². The molecular weight excluding hydrogens is 474 g/mol. The van der Waals surface area contributed by atoms with Crippen LogP contribution < -0.4 is 4.74 Å². The van der Waals surface area contributed by atoms with Gasteiger partial charge in [0.15, 0.2) is 0 Å². The quantitative estimate of drug-likeness (QED) is 0.243. The fraction of sp³-hybridized carbons (Fsp3) is 0.280. The molecule has 0 bridgehead atoms. The van der Waals surface area contributed by atoms with E-state index in [1.54, 1.807) is 25.3 Å². The van der Waals surface area contributed by atoms with Crippen molar-refractivity contribution in [3.8, 4) is 5.75 Å². The molecule has 1 atom stereocenters. The minimum Gasteiger partial charge on any atom is -0.497 e. The number of methoxy groups -OCH3 is 1. The SMILES string of the molecule is COc1ccc(CCOC(CN2C=CN(Cc3ccccc3[N+](=O)[O-])C2)c2ccc(Cl)s2)cc1. The molecule has 0 fully saturated rings. The van der Waals surface area contributed by atoms with Gasteiger partial charge in [-0.15, -0.1) is 11.3 Å². The molecule has 0 aliphatic carbocycles. The molecule has 2 aromatic carbocycles. The van der Waals surface area contributed by atoms with Gasteiger partial charge in [-0.05, 0) is 36.2 Å². The molecule has 178 valence electrons. The van der Waals surface area contributed by atoms with E-state index in [4.69, 9.17) is 21.1 Å². The third-order valence-corrected chi connectivity index (χ3v) is 6.92. The van der Waals surface area contributed by atoms with Gasteiger partial charge in [0.05, 0.1) is 42.7 Å². The van der Waals surface area contributed by atoms with E-state index >= 15 is 0 Å². The number of halogens is 1. The molecule has 1 aliphatic heterocycles. The van der Waals surface area contributed by atoms with Crippen molar-refractivity contribution in [2.24, 2.45) is 0 Å². The van der Waals surface area contributed by atoms with Crippen LogP contribution >= 0.6 is 22.9 Å². The van der Waals surface area contributed by atoms with E-state index in [0.29, 0.717) is 31.9 Å². The number of ether oxygens (including phenoxy) is 2. The third-order valence-electron chi connectivity index (χ3n) is 5.59. The van der Waals surface area contributed by atoms with Gasteiger partial charge >= 0.3 is 0 Å². The van der Waals surface area contributed by atoms with Gasteiger partial charge in [-0.25, -0.2) is 0 Å². The second-order valence-corrected chi connectivity index (χ2v) is 9.69. The van der Waals surface area contributed by atoms with E-state index in [-0.39, 0.29) is 16.7 Å². The average Bonchev–Trinajstić information content (AvgIpc) is 3.47. The minimum absolute atomic E-state index is 0.133. The molecule has 1 unspecified atom stereocenters. The maximum absolute atomic E-state index is 11.3. The maximum atomic E-state index is 11.3. The minimum atomic E-state index is -0.333. The Balaban J connectivity index is 1.35. The number of rotatable bonds is 11. The molecule has 34 heavy (non-hydrogen) atoms. The van der Waals surface area contributed by atoms with Crippen LogP contribution in [0.5, 0.6) is 5.75 Å². The van der Waals surface area contributed by atoms with Crippen molar-refractivity contribution < 1.29 is 14.4 Å². The smallest absolute Gasteiger partial charge is 0.274 e. The summed E-state index contributed by atoms with van der Waals surface area (Å²) in [6.07, 6.45) is 4.63. The van der Waals surface area contributed by atoms with E-state index < -0.39 is 0 Å². The van der Waals surface area contributed by atoms with Crippen LogP contribution in [0.2, 0.25) is 4.34 Å². The van der Waals surface area contributed by atoms with Crippen molar-refractivity contribution in [2.75, 3.05) is 26.9 Å². The van der Waals surface area contributed by atoms with Crippen LogP contribution in [0.15, 0.2) is 73.1 Å². The second-order valence-electron chi connectivity index (χ2n) is 7.94. The molecule has 9 heteroatoms. The molecule has 3 aromatic rings. The van der Waals surface area contributed by atoms with Crippen LogP contribution in [-0.4, -0.2) is 41.7 Å². The van der Waals surface area contributed by atoms with Gasteiger partial charge < -0.3 is 19.3 Å². The predicted molar refractivity (Wildman–Crippen MR) is 134 cm³/mol. The van der Waals surface area contributed by atoms with E-state index in [1.807, 2.05) is 54.9 Å². The Morgan fingerprint density at radius 1 is 1.09 bits per heavy atom. The molecule has 4 rings (SSSR count). The summed E-state index contributed by atoms with van der Waals surface area (Å²) in [6.45, 7) is 2.33. The van der Waals surface area contributed by atoms with Crippen molar-refractivity contribution in [1.82, 2.24) is 9.80 Å². The lowest BCUT2D eigenvalue weighted by atomic mass is 10.1. The molecule has 1 aliphatic rings. The van der Waals surface area contributed by atoms with Gasteiger partial charge in [0.2, 0.25) is 0 Å².